The second-order valence-corrected chi connectivity index (χ2v) is 7.60. The van der Waals surface area contributed by atoms with Crippen LogP contribution in [0.5, 0.6) is 0 Å². The van der Waals surface area contributed by atoms with Crippen molar-refractivity contribution in [1.29, 1.82) is 5.26 Å². The topological polar surface area (TPSA) is 23.8 Å². The van der Waals surface area contributed by atoms with Crippen molar-refractivity contribution < 1.29 is 0 Å². The van der Waals surface area contributed by atoms with Gasteiger partial charge in [-0.1, -0.05) is 84.9 Å². The summed E-state index contributed by atoms with van der Waals surface area (Å²) in [5.41, 5.74) is 1.13. The van der Waals surface area contributed by atoms with E-state index in [0.29, 0.717) is 0 Å². The molecule has 23 heavy (non-hydrogen) atoms. The Bertz CT molecular complexity index is 767. The maximum atomic E-state index is 9.39. The molecule has 0 saturated heterocycles. The van der Waals surface area contributed by atoms with Crippen molar-refractivity contribution in [2.75, 3.05) is 0 Å². The minimum absolute atomic E-state index is 0.108. The lowest BCUT2D eigenvalue weighted by molar-refractivity contribution is 0.991. The Morgan fingerprint density at radius 3 is 1.74 bits per heavy atom. The van der Waals surface area contributed by atoms with E-state index in [1.54, 1.807) is 0 Å². The van der Waals surface area contributed by atoms with Gasteiger partial charge in [-0.3, -0.25) is 0 Å². The molecule has 3 aromatic rings. The lowest BCUT2D eigenvalue weighted by Gasteiger charge is -2.23. The molecule has 0 aliphatic rings. The molecule has 0 amide bonds. The van der Waals surface area contributed by atoms with E-state index < -0.39 is 7.92 Å². The van der Waals surface area contributed by atoms with Gasteiger partial charge in [0.25, 0.3) is 0 Å². The molecule has 1 unspecified atom stereocenters. The Morgan fingerprint density at radius 1 is 0.739 bits per heavy atom. The molecule has 0 N–H and O–H groups in total. The Labute approximate surface area is 139 Å². The average molecular weight is 315 g/mol. The van der Waals surface area contributed by atoms with Crippen molar-refractivity contribution in [3.05, 3.63) is 90.5 Å². The van der Waals surface area contributed by atoms with Gasteiger partial charge in [-0.05, 0) is 36.3 Å². The fourth-order valence-electron chi connectivity index (χ4n) is 2.71. The van der Waals surface area contributed by atoms with E-state index in [1.165, 1.54) is 15.9 Å². The smallest absolute Gasteiger partial charge is 0.0701 e. The SMILES string of the molecule is CC(C#N)c1ccccc1P(c1ccccc1)c1ccccc1. The Kier molecular flexibility index (Phi) is 4.86. The zero-order valence-electron chi connectivity index (χ0n) is 13.1. The highest BCUT2D eigenvalue weighted by Crippen LogP contribution is 2.35. The predicted octanol–water partition coefficient (Wildman–Crippen LogP) is 4.07. The van der Waals surface area contributed by atoms with Gasteiger partial charge < -0.3 is 0 Å². The normalized spacial score (nSPS) is 11.9. The number of nitrogens with zero attached hydrogens (tertiary/aromatic N) is 1. The molecule has 112 valence electrons. The number of rotatable bonds is 4. The molecule has 0 aliphatic heterocycles. The number of hydrogen-bond donors (Lipinski definition) is 0. The van der Waals surface area contributed by atoms with Gasteiger partial charge in [0.1, 0.15) is 0 Å². The number of hydrogen-bond acceptors (Lipinski definition) is 1. The first-order chi connectivity index (χ1) is 11.3. The quantitative estimate of drug-likeness (QED) is 0.666. The van der Waals surface area contributed by atoms with E-state index in [2.05, 4.69) is 72.8 Å². The molecule has 0 aliphatic carbocycles. The standard InChI is InChI=1S/C21H18NP/c1-17(16-22)20-14-8-9-15-21(20)23(18-10-4-2-5-11-18)19-12-6-3-7-13-19/h2-15,17H,1H3. The van der Waals surface area contributed by atoms with Crippen LogP contribution >= 0.6 is 7.92 Å². The van der Waals surface area contributed by atoms with Crippen LogP contribution in [0.3, 0.4) is 0 Å². The fourth-order valence-corrected chi connectivity index (χ4v) is 5.26. The van der Waals surface area contributed by atoms with E-state index >= 15 is 0 Å². The van der Waals surface area contributed by atoms with Crippen LogP contribution in [-0.2, 0) is 0 Å². The van der Waals surface area contributed by atoms with Gasteiger partial charge in [0.15, 0.2) is 0 Å². The second kappa shape index (κ2) is 7.23. The molecule has 0 heterocycles. The molecule has 0 fully saturated rings. The summed E-state index contributed by atoms with van der Waals surface area (Å²) in [6.07, 6.45) is 0. The summed E-state index contributed by atoms with van der Waals surface area (Å²) < 4.78 is 0. The largest absolute Gasteiger partial charge is 0.198 e. The van der Waals surface area contributed by atoms with E-state index in [1.807, 2.05) is 25.1 Å². The average Bonchev–Trinajstić information content (AvgIpc) is 2.63. The van der Waals surface area contributed by atoms with Crippen LogP contribution in [0.25, 0.3) is 0 Å². The van der Waals surface area contributed by atoms with Crippen LogP contribution in [-0.4, -0.2) is 0 Å². The van der Waals surface area contributed by atoms with Crippen LogP contribution in [0.15, 0.2) is 84.9 Å². The van der Waals surface area contributed by atoms with Crippen LogP contribution in [0, 0.1) is 11.3 Å². The summed E-state index contributed by atoms with van der Waals surface area (Å²) in [5.74, 6) is -0.108. The summed E-state index contributed by atoms with van der Waals surface area (Å²) in [6, 6.07) is 31.9. The molecule has 2 heteroatoms. The van der Waals surface area contributed by atoms with Gasteiger partial charge in [-0.15, -0.1) is 0 Å². The first-order valence-electron chi connectivity index (χ1n) is 7.70. The molecular weight excluding hydrogens is 297 g/mol. The van der Waals surface area contributed by atoms with Gasteiger partial charge in [0.2, 0.25) is 0 Å². The first-order valence-corrected chi connectivity index (χ1v) is 9.04. The molecule has 0 radical (unpaired) electrons. The molecule has 3 aromatic carbocycles. The molecule has 0 bridgehead atoms. The Morgan fingerprint density at radius 2 is 1.22 bits per heavy atom. The summed E-state index contributed by atoms with van der Waals surface area (Å²) >= 11 is 0. The van der Waals surface area contributed by atoms with Crippen LogP contribution in [0.4, 0.5) is 0 Å². The van der Waals surface area contributed by atoms with Crippen molar-refractivity contribution in [2.24, 2.45) is 0 Å². The third kappa shape index (κ3) is 3.34. The van der Waals surface area contributed by atoms with E-state index in [4.69, 9.17) is 0 Å². The maximum Gasteiger partial charge on any atom is 0.0701 e. The summed E-state index contributed by atoms with van der Waals surface area (Å²) in [7, 11) is -0.656. The summed E-state index contributed by atoms with van der Waals surface area (Å²) in [5, 5.41) is 13.3. The van der Waals surface area contributed by atoms with Gasteiger partial charge >= 0.3 is 0 Å². The zero-order chi connectivity index (χ0) is 16.1. The van der Waals surface area contributed by atoms with Gasteiger partial charge in [-0.25, -0.2) is 0 Å². The molecule has 1 nitrogen and oxygen atoms in total. The maximum absolute atomic E-state index is 9.39. The number of nitriles is 1. The highest BCUT2D eigenvalue weighted by molar-refractivity contribution is 7.79. The fraction of sp³-hybridized carbons (Fsp3) is 0.0952. The predicted molar refractivity (Wildman–Crippen MR) is 99.2 cm³/mol. The van der Waals surface area contributed by atoms with Crippen molar-refractivity contribution in [3.8, 4) is 6.07 Å². The van der Waals surface area contributed by atoms with Crippen LogP contribution < -0.4 is 15.9 Å². The highest BCUT2D eigenvalue weighted by Gasteiger charge is 2.21. The minimum atomic E-state index is -0.656. The molecule has 0 spiro atoms. The van der Waals surface area contributed by atoms with Gasteiger partial charge in [0, 0.05) is 0 Å². The Balaban J connectivity index is 2.20. The lowest BCUT2D eigenvalue weighted by atomic mass is 10.0. The third-order valence-corrected chi connectivity index (χ3v) is 6.38. The summed E-state index contributed by atoms with van der Waals surface area (Å²) in [6.45, 7) is 1.97. The first kappa shape index (κ1) is 15.5. The van der Waals surface area contributed by atoms with Crippen molar-refractivity contribution >= 4 is 23.8 Å². The van der Waals surface area contributed by atoms with E-state index in [-0.39, 0.29) is 5.92 Å². The molecular formula is C21H18NP. The van der Waals surface area contributed by atoms with Crippen molar-refractivity contribution in [1.82, 2.24) is 0 Å². The second-order valence-electron chi connectivity index (χ2n) is 5.42. The third-order valence-electron chi connectivity index (χ3n) is 3.87. The van der Waals surface area contributed by atoms with Gasteiger partial charge in [-0.2, -0.15) is 5.26 Å². The Hall–Kier alpha value is -2.42. The van der Waals surface area contributed by atoms with Crippen LogP contribution in [0.2, 0.25) is 0 Å². The van der Waals surface area contributed by atoms with Crippen molar-refractivity contribution in [2.45, 2.75) is 12.8 Å². The van der Waals surface area contributed by atoms with E-state index in [9.17, 15) is 5.26 Å². The molecule has 0 saturated carbocycles. The zero-order valence-corrected chi connectivity index (χ0v) is 13.9. The molecule has 3 rings (SSSR count). The van der Waals surface area contributed by atoms with Crippen molar-refractivity contribution in [3.63, 3.8) is 0 Å². The summed E-state index contributed by atoms with van der Waals surface area (Å²) in [4.78, 5) is 0. The number of benzene rings is 3. The highest BCUT2D eigenvalue weighted by atomic mass is 31.1. The molecule has 0 aromatic heterocycles. The van der Waals surface area contributed by atoms with Crippen LogP contribution in [0.1, 0.15) is 18.4 Å². The monoisotopic (exact) mass is 315 g/mol. The minimum Gasteiger partial charge on any atom is -0.198 e. The van der Waals surface area contributed by atoms with Gasteiger partial charge in [0.05, 0.1) is 12.0 Å². The lowest BCUT2D eigenvalue weighted by Crippen LogP contribution is -2.23. The van der Waals surface area contributed by atoms with E-state index in [0.717, 1.165) is 5.56 Å². The molecule has 1 atom stereocenters.